The first-order valence-corrected chi connectivity index (χ1v) is 9.25. The van der Waals surface area contributed by atoms with Crippen LogP contribution in [0.4, 0.5) is 0 Å². The van der Waals surface area contributed by atoms with Crippen molar-refractivity contribution in [1.82, 2.24) is 4.98 Å². The Kier molecular flexibility index (Phi) is 4.54. The van der Waals surface area contributed by atoms with Crippen LogP contribution in [-0.2, 0) is 36.4 Å². The van der Waals surface area contributed by atoms with E-state index >= 15 is 0 Å². The fourth-order valence-corrected chi connectivity index (χ4v) is 4.57. The summed E-state index contributed by atoms with van der Waals surface area (Å²) in [6.45, 7) is 11.7. The van der Waals surface area contributed by atoms with Gasteiger partial charge in [-0.15, -0.1) is 34.9 Å². The number of hydrogen-bond donors (Lipinski definition) is 0. The quantitative estimate of drug-likeness (QED) is 0.432. The Morgan fingerprint density at radius 2 is 1.56 bits per heavy atom. The van der Waals surface area contributed by atoms with Crippen LogP contribution in [0.2, 0.25) is 0 Å². The summed E-state index contributed by atoms with van der Waals surface area (Å²) in [5.74, 6) is 0. The minimum Gasteiger partial charge on any atom is -0.305 e. The molecule has 2 bridgehead atoms. The molecule has 2 heteroatoms. The molecule has 1 aromatic heterocycles. The van der Waals surface area contributed by atoms with Crippen LogP contribution in [-0.4, -0.2) is 4.98 Å². The number of fused-ring (bicyclic) bond motifs is 2. The van der Waals surface area contributed by atoms with Crippen LogP contribution >= 0.6 is 0 Å². The van der Waals surface area contributed by atoms with Gasteiger partial charge in [-0.05, 0) is 46.4 Å². The van der Waals surface area contributed by atoms with Crippen LogP contribution in [0, 0.1) is 6.07 Å². The van der Waals surface area contributed by atoms with E-state index < -0.39 is 0 Å². The molecule has 0 saturated heterocycles. The predicted octanol–water partition coefficient (Wildman–Crippen LogP) is 5.95. The second-order valence-electron chi connectivity index (χ2n) is 9.48. The van der Waals surface area contributed by atoms with Gasteiger partial charge in [0.15, 0.2) is 0 Å². The number of hydrogen-bond acceptors (Lipinski definition) is 1. The molecule has 1 aromatic carbocycles. The minimum atomic E-state index is 0. The third-order valence-electron chi connectivity index (χ3n) is 6.61. The van der Waals surface area contributed by atoms with E-state index in [1.165, 1.54) is 31.2 Å². The van der Waals surface area contributed by atoms with E-state index in [4.69, 9.17) is 0 Å². The molecule has 0 amide bonds. The second kappa shape index (κ2) is 6.03. The van der Waals surface area contributed by atoms with E-state index in [0.717, 1.165) is 11.3 Å². The van der Waals surface area contributed by atoms with Crippen molar-refractivity contribution in [1.29, 1.82) is 0 Å². The monoisotopic (exact) mass is 511 g/mol. The molecule has 3 aliphatic rings. The summed E-state index contributed by atoms with van der Waals surface area (Å²) in [7, 11) is 0. The normalized spacial score (nSPS) is 27.6. The largest absolute Gasteiger partial charge is 0.305 e. The Hall–Kier alpha value is -0.981. The molecule has 2 aromatic rings. The van der Waals surface area contributed by atoms with E-state index in [0.29, 0.717) is 10.8 Å². The molecule has 1 radical (unpaired) electrons. The average molecular weight is 511 g/mol. The van der Waals surface area contributed by atoms with Gasteiger partial charge >= 0.3 is 0 Å². The van der Waals surface area contributed by atoms with E-state index in [1.54, 1.807) is 11.1 Å². The van der Waals surface area contributed by atoms with Gasteiger partial charge in [0.2, 0.25) is 0 Å². The zero-order valence-corrected chi connectivity index (χ0v) is 18.4. The summed E-state index contributed by atoms with van der Waals surface area (Å²) in [6.07, 6.45) is 7.21. The standard InChI is InChI=1S/C23H28N.Ir/c1-21(2,3)17-8-13-24-20(15-17)16-6-7-18-19(14-16)23(5)11-9-22(18,4)10-12-23;/h7-8,13-15H,9-12H2,1-5H3;/q-1;. The van der Waals surface area contributed by atoms with Crippen molar-refractivity contribution in [2.75, 3.05) is 0 Å². The van der Waals surface area contributed by atoms with Crippen LogP contribution in [0.25, 0.3) is 11.3 Å². The SMILES string of the molecule is CC(C)(C)c1ccnc(-c2[c-]cc3c(c2)C2(C)CCC3(C)CC2)c1.[Ir]. The van der Waals surface area contributed by atoms with Gasteiger partial charge in [-0.25, -0.2) is 0 Å². The van der Waals surface area contributed by atoms with Crippen molar-refractivity contribution in [2.45, 2.75) is 76.5 Å². The van der Waals surface area contributed by atoms with Crippen LogP contribution in [0.1, 0.15) is 77.0 Å². The van der Waals surface area contributed by atoms with Crippen LogP contribution in [0.5, 0.6) is 0 Å². The Labute approximate surface area is 166 Å². The zero-order valence-electron chi connectivity index (χ0n) is 16.0. The van der Waals surface area contributed by atoms with Gasteiger partial charge in [-0.2, -0.15) is 0 Å². The van der Waals surface area contributed by atoms with Crippen molar-refractivity contribution in [3.63, 3.8) is 0 Å². The topological polar surface area (TPSA) is 12.9 Å². The fourth-order valence-electron chi connectivity index (χ4n) is 4.57. The summed E-state index contributed by atoms with van der Waals surface area (Å²) >= 11 is 0. The Balaban J connectivity index is 0.00000182. The maximum Gasteiger partial charge on any atom is 0.0163 e. The van der Waals surface area contributed by atoms with Gasteiger partial charge in [-0.3, -0.25) is 0 Å². The van der Waals surface area contributed by atoms with Gasteiger partial charge in [-0.1, -0.05) is 53.5 Å². The maximum atomic E-state index is 4.64. The van der Waals surface area contributed by atoms with Crippen molar-refractivity contribution in [3.8, 4) is 11.3 Å². The summed E-state index contributed by atoms with van der Waals surface area (Å²) in [5, 5.41) is 0. The third-order valence-corrected chi connectivity index (χ3v) is 6.61. The molecule has 0 atom stereocenters. The van der Waals surface area contributed by atoms with Gasteiger partial charge in [0, 0.05) is 26.3 Å². The third kappa shape index (κ3) is 3.02. The maximum absolute atomic E-state index is 4.64. The van der Waals surface area contributed by atoms with Gasteiger partial charge < -0.3 is 4.98 Å². The molecule has 1 fully saturated rings. The molecule has 0 unspecified atom stereocenters. The van der Waals surface area contributed by atoms with E-state index in [-0.39, 0.29) is 25.5 Å². The Morgan fingerprint density at radius 3 is 2.16 bits per heavy atom. The molecule has 1 heterocycles. The van der Waals surface area contributed by atoms with E-state index in [1.807, 2.05) is 6.20 Å². The molecule has 135 valence electrons. The van der Waals surface area contributed by atoms with Crippen molar-refractivity contribution in [2.24, 2.45) is 0 Å². The van der Waals surface area contributed by atoms with Crippen molar-refractivity contribution < 1.29 is 20.1 Å². The number of nitrogens with zero attached hydrogens (tertiary/aromatic N) is 1. The Morgan fingerprint density at radius 1 is 0.960 bits per heavy atom. The average Bonchev–Trinajstić information content (AvgIpc) is 2.56. The van der Waals surface area contributed by atoms with Crippen LogP contribution < -0.4 is 0 Å². The number of aromatic nitrogens is 1. The first-order valence-electron chi connectivity index (χ1n) is 9.25. The zero-order chi connectivity index (χ0) is 17.2. The fraction of sp³-hybridized carbons (Fsp3) is 0.522. The molecule has 0 aliphatic heterocycles. The van der Waals surface area contributed by atoms with E-state index in [9.17, 15) is 0 Å². The smallest absolute Gasteiger partial charge is 0.0163 e. The first kappa shape index (κ1) is 18.8. The number of rotatable bonds is 1. The molecule has 1 saturated carbocycles. The molecule has 1 nitrogen and oxygen atoms in total. The summed E-state index contributed by atoms with van der Waals surface area (Å²) in [4.78, 5) is 4.64. The minimum absolute atomic E-state index is 0. The first-order chi connectivity index (χ1) is 11.2. The molecule has 25 heavy (non-hydrogen) atoms. The molecular formula is C23H28IrN-. The number of pyridine rings is 1. The Bertz CT molecular complexity index is 792. The molecule has 0 spiro atoms. The van der Waals surface area contributed by atoms with Crippen molar-refractivity contribution >= 4 is 0 Å². The van der Waals surface area contributed by atoms with Gasteiger partial charge in [0.1, 0.15) is 0 Å². The molecule has 0 N–H and O–H groups in total. The van der Waals surface area contributed by atoms with Gasteiger partial charge in [0.05, 0.1) is 0 Å². The molecule has 5 rings (SSSR count). The van der Waals surface area contributed by atoms with E-state index in [2.05, 4.69) is 69.9 Å². The van der Waals surface area contributed by atoms with Crippen LogP contribution in [0.3, 0.4) is 0 Å². The van der Waals surface area contributed by atoms with Crippen LogP contribution in [0.15, 0.2) is 30.5 Å². The molecular weight excluding hydrogens is 482 g/mol. The summed E-state index contributed by atoms with van der Waals surface area (Å²) < 4.78 is 0. The predicted molar refractivity (Wildman–Crippen MR) is 100 cm³/mol. The number of benzene rings is 1. The van der Waals surface area contributed by atoms with Crippen molar-refractivity contribution in [3.05, 3.63) is 53.2 Å². The summed E-state index contributed by atoms with van der Waals surface area (Å²) in [6, 6.07) is 12.6. The molecule has 3 aliphatic carbocycles. The van der Waals surface area contributed by atoms with Gasteiger partial charge in [0.25, 0.3) is 0 Å². The summed E-state index contributed by atoms with van der Waals surface area (Å²) in [5.41, 5.74) is 7.49. The second-order valence-corrected chi connectivity index (χ2v) is 9.48.